The zero-order valence-electron chi connectivity index (χ0n) is 20.3. The second-order valence-corrected chi connectivity index (χ2v) is 9.22. The maximum atomic E-state index is 11.6. The van der Waals surface area contributed by atoms with Crippen LogP contribution in [-0.2, 0) is 18.9 Å². The van der Waals surface area contributed by atoms with Crippen molar-refractivity contribution in [2.75, 3.05) is 11.9 Å². The molecule has 3 heterocycles. The van der Waals surface area contributed by atoms with Gasteiger partial charge in [0.05, 0.1) is 12.4 Å². The molecule has 2 atom stereocenters. The van der Waals surface area contributed by atoms with E-state index in [0.717, 1.165) is 59.4 Å². The molecule has 1 fully saturated rings. The summed E-state index contributed by atoms with van der Waals surface area (Å²) in [7, 11) is 3.80. The van der Waals surface area contributed by atoms with Gasteiger partial charge < -0.3 is 10.6 Å². The number of nitrogens with one attached hydrogen (secondary N) is 2. The number of carbonyl (C=O) groups is 1. The molecule has 0 bridgehead atoms. The van der Waals surface area contributed by atoms with Gasteiger partial charge in [-0.2, -0.15) is 10.2 Å². The summed E-state index contributed by atoms with van der Waals surface area (Å²) in [6.07, 6.45) is 12.7. The van der Waals surface area contributed by atoms with Crippen molar-refractivity contribution in [3.8, 4) is 33.6 Å². The van der Waals surface area contributed by atoms with Crippen molar-refractivity contribution in [1.29, 1.82) is 0 Å². The first kappa shape index (κ1) is 22.8. The second kappa shape index (κ2) is 9.69. The van der Waals surface area contributed by atoms with E-state index in [1.165, 1.54) is 0 Å². The first-order valence-electron chi connectivity index (χ1n) is 11.9. The van der Waals surface area contributed by atoms with Crippen molar-refractivity contribution < 1.29 is 4.79 Å². The highest BCUT2D eigenvalue weighted by atomic mass is 16.1. The van der Waals surface area contributed by atoms with Gasteiger partial charge in [-0.25, -0.2) is 9.97 Å². The molecule has 9 nitrogen and oxygen atoms in total. The molecule has 1 aromatic carbocycles. The third-order valence-corrected chi connectivity index (χ3v) is 6.54. The zero-order valence-corrected chi connectivity index (χ0v) is 20.3. The summed E-state index contributed by atoms with van der Waals surface area (Å²) in [5.74, 6) is 1.79. The number of amides is 1. The summed E-state index contributed by atoms with van der Waals surface area (Å²) in [4.78, 5) is 21.3. The first-order chi connectivity index (χ1) is 17.0. The fourth-order valence-corrected chi connectivity index (χ4v) is 4.80. The van der Waals surface area contributed by atoms with Crippen LogP contribution in [0.1, 0.15) is 26.2 Å². The Hall–Kier alpha value is -4.01. The molecule has 1 aliphatic carbocycles. The summed E-state index contributed by atoms with van der Waals surface area (Å²) in [6, 6.07) is 8.38. The van der Waals surface area contributed by atoms with E-state index in [2.05, 4.69) is 33.0 Å². The number of aromatic nitrogens is 6. The number of rotatable bonds is 7. The van der Waals surface area contributed by atoms with E-state index >= 15 is 0 Å². The summed E-state index contributed by atoms with van der Waals surface area (Å²) in [5.41, 5.74) is 4.90. The van der Waals surface area contributed by atoms with E-state index in [9.17, 15) is 4.79 Å². The van der Waals surface area contributed by atoms with Gasteiger partial charge >= 0.3 is 0 Å². The molecule has 0 radical (unpaired) electrons. The lowest BCUT2D eigenvalue weighted by Gasteiger charge is -2.21. The third kappa shape index (κ3) is 5.08. The Bertz CT molecular complexity index is 1340. The van der Waals surface area contributed by atoms with Gasteiger partial charge in [-0.15, -0.1) is 0 Å². The fraction of sp³-hybridized carbons (Fsp3) is 0.346. The van der Waals surface area contributed by atoms with E-state index in [1.54, 1.807) is 16.3 Å². The number of hydrogen-bond acceptors (Lipinski definition) is 6. The molecule has 2 N–H and O–H groups in total. The van der Waals surface area contributed by atoms with Crippen LogP contribution < -0.4 is 10.6 Å². The average molecular weight is 471 g/mol. The minimum Gasteiger partial charge on any atom is -0.369 e. The molecule has 180 valence electrons. The van der Waals surface area contributed by atoms with E-state index in [1.807, 2.05) is 57.2 Å². The largest absolute Gasteiger partial charge is 0.369 e. The van der Waals surface area contributed by atoms with Gasteiger partial charge in [0.25, 0.3) is 0 Å². The Kier molecular flexibility index (Phi) is 6.31. The Morgan fingerprint density at radius 3 is 2.46 bits per heavy atom. The van der Waals surface area contributed by atoms with Crippen LogP contribution in [0.2, 0.25) is 0 Å². The lowest BCUT2D eigenvalue weighted by molar-refractivity contribution is -0.119. The SMILES string of the molecule is CC(=O)NC1CCCC1CNc1nc(-c2cccc(-c3cnn(C)c3)c2)ncc1-c1cnn(C)c1. The average Bonchev–Trinajstić information content (AvgIpc) is 3.59. The lowest BCUT2D eigenvalue weighted by atomic mass is 10.0. The van der Waals surface area contributed by atoms with Crippen LogP contribution in [0.25, 0.3) is 33.6 Å². The molecule has 5 rings (SSSR count). The standard InChI is InChI=1S/C26H30N8O/c1-17(35)31-24-9-5-8-20(24)11-27-26-23(22-13-30-34(3)16-22)14-28-25(32-26)19-7-4-6-18(10-19)21-12-29-33(2)15-21/h4,6-7,10,12-16,20,24H,5,8-9,11H2,1-3H3,(H,31,35)(H,27,28,32). The molecule has 0 saturated heterocycles. The Morgan fingerprint density at radius 2 is 1.74 bits per heavy atom. The predicted molar refractivity (Wildman–Crippen MR) is 135 cm³/mol. The minimum absolute atomic E-state index is 0.0239. The molecule has 35 heavy (non-hydrogen) atoms. The number of benzene rings is 1. The Labute approximate surface area is 204 Å². The van der Waals surface area contributed by atoms with Gasteiger partial charge in [0.1, 0.15) is 5.82 Å². The smallest absolute Gasteiger partial charge is 0.217 e. The highest BCUT2D eigenvalue weighted by Gasteiger charge is 2.28. The van der Waals surface area contributed by atoms with Crippen molar-refractivity contribution in [3.05, 3.63) is 55.2 Å². The molecule has 1 aliphatic rings. The van der Waals surface area contributed by atoms with E-state index in [0.29, 0.717) is 11.7 Å². The maximum absolute atomic E-state index is 11.6. The zero-order chi connectivity index (χ0) is 24.4. The number of nitrogens with zero attached hydrogens (tertiary/aromatic N) is 6. The summed E-state index contributed by atoms with van der Waals surface area (Å²) >= 11 is 0. The molecule has 0 aliphatic heterocycles. The fourth-order valence-electron chi connectivity index (χ4n) is 4.80. The number of anilines is 1. The Balaban J connectivity index is 1.46. The van der Waals surface area contributed by atoms with Crippen LogP contribution in [0.5, 0.6) is 0 Å². The van der Waals surface area contributed by atoms with Gasteiger partial charge in [-0.05, 0) is 30.4 Å². The van der Waals surface area contributed by atoms with Gasteiger partial charge in [0.2, 0.25) is 5.91 Å². The summed E-state index contributed by atoms with van der Waals surface area (Å²) in [6.45, 7) is 2.31. The van der Waals surface area contributed by atoms with Crippen molar-refractivity contribution in [2.45, 2.75) is 32.2 Å². The molecule has 2 unspecified atom stereocenters. The molecular formula is C26H30N8O. The topological polar surface area (TPSA) is 103 Å². The highest BCUT2D eigenvalue weighted by Crippen LogP contribution is 2.31. The molecular weight excluding hydrogens is 440 g/mol. The molecule has 1 amide bonds. The highest BCUT2D eigenvalue weighted by molar-refractivity contribution is 5.77. The van der Waals surface area contributed by atoms with Crippen molar-refractivity contribution >= 4 is 11.7 Å². The van der Waals surface area contributed by atoms with Crippen molar-refractivity contribution in [3.63, 3.8) is 0 Å². The maximum Gasteiger partial charge on any atom is 0.217 e. The predicted octanol–water partition coefficient (Wildman–Crippen LogP) is 3.66. The first-order valence-corrected chi connectivity index (χ1v) is 11.9. The van der Waals surface area contributed by atoms with Crippen LogP contribution >= 0.6 is 0 Å². The van der Waals surface area contributed by atoms with Crippen LogP contribution in [0.3, 0.4) is 0 Å². The van der Waals surface area contributed by atoms with Crippen LogP contribution in [0, 0.1) is 5.92 Å². The monoisotopic (exact) mass is 470 g/mol. The second-order valence-electron chi connectivity index (χ2n) is 9.22. The lowest BCUT2D eigenvalue weighted by Crippen LogP contribution is -2.38. The van der Waals surface area contributed by atoms with Crippen LogP contribution in [-0.4, -0.2) is 48.0 Å². The molecule has 1 saturated carbocycles. The van der Waals surface area contributed by atoms with Crippen molar-refractivity contribution in [1.82, 2.24) is 34.8 Å². The third-order valence-electron chi connectivity index (χ3n) is 6.54. The Morgan fingerprint density at radius 1 is 1.00 bits per heavy atom. The summed E-state index contributed by atoms with van der Waals surface area (Å²) in [5, 5.41) is 15.3. The normalized spacial score (nSPS) is 17.5. The van der Waals surface area contributed by atoms with Gasteiger partial charge in [0.15, 0.2) is 5.82 Å². The van der Waals surface area contributed by atoms with E-state index < -0.39 is 0 Å². The molecule has 9 heteroatoms. The van der Waals surface area contributed by atoms with Crippen LogP contribution in [0.4, 0.5) is 5.82 Å². The van der Waals surface area contributed by atoms with E-state index in [4.69, 9.17) is 9.97 Å². The van der Waals surface area contributed by atoms with Gasteiger partial charge in [-0.1, -0.05) is 24.6 Å². The van der Waals surface area contributed by atoms with Gasteiger partial charge in [-0.3, -0.25) is 14.2 Å². The van der Waals surface area contributed by atoms with E-state index in [-0.39, 0.29) is 11.9 Å². The molecule has 4 aromatic rings. The van der Waals surface area contributed by atoms with Crippen molar-refractivity contribution in [2.24, 2.45) is 20.0 Å². The quantitative estimate of drug-likeness (QED) is 0.427. The number of carbonyl (C=O) groups excluding carboxylic acids is 1. The van der Waals surface area contributed by atoms with Crippen LogP contribution in [0.15, 0.2) is 55.2 Å². The van der Waals surface area contributed by atoms with Gasteiger partial charge in [0, 0.05) is 74.5 Å². The minimum atomic E-state index is 0.0239. The summed E-state index contributed by atoms with van der Waals surface area (Å²) < 4.78 is 3.56. The number of aryl methyl sites for hydroxylation is 2. The molecule has 0 spiro atoms. The molecule has 3 aromatic heterocycles. The number of hydrogen-bond donors (Lipinski definition) is 2.